The van der Waals surface area contributed by atoms with Crippen LogP contribution in [0, 0.1) is 20.8 Å². The molecule has 27 heavy (non-hydrogen) atoms. The second-order valence-corrected chi connectivity index (χ2v) is 8.05. The highest BCUT2D eigenvalue weighted by atomic mass is 35.5. The number of amides is 1. The maximum Gasteiger partial charge on any atom is 0.264 e. The summed E-state index contributed by atoms with van der Waals surface area (Å²) in [4.78, 5) is 16.5. The first-order valence-corrected chi connectivity index (χ1v) is 9.79. The predicted octanol–water partition coefficient (Wildman–Crippen LogP) is 4.77. The molecule has 0 saturated carbocycles. The molecule has 1 aromatic heterocycles. The maximum absolute atomic E-state index is 12.1. The molecule has 0 radical (unpaired) electrons. The van der Waals surface area contributed by atoms with Gasteiger partial charge in [0.05, 0.1) is 10.2 Å². The average Bonchev–Trinajstić information content (AvgIpc) is 2.93. The van der Waals surface area contributed by atoms with E-state index in [2.05, 4.69) is 15.6 Å². The highest BCUT2D eigenvalue weighted by molar-refractivity contribution is 7.80. The quantitative estimate of drug-likeness (QED) is 0.596. The first-order chi connectivity index (χ1) is 12.8. The summed E-state index contributed by atoms with van der Waals surface area (Å²) in [5.41, 5.74) is 3.92. The number of anilines is 1. The number of thiazole rings is 1. The number of hydrogen-bond donors (Lipinski definition) is 2. The highest BCUT2D eigenvalue weighted by Gasteiger charge is 2.10. The maximum atomic E-state index is 12.1. The molecule has 0 fully saturated rings. The fourth-order valence-corrected chi connectivity index (χ4v) is 3.94. The van der Waals surface area contributed by atoms with Crippen LogP contribution in [0.2, 0.25) is 5.02 Å². The molecule has 0 spiro atoms. The van der Waals surface area contributed by atoms with E-state index in [-0.39, 0.29) is 17.6 Å². The zero-order valence-electron chi connectivity index (χ0n) is 15.1. The van der Waals surface area contributed by atoms with Gasteiger partial charge in [0.2, 0.25) is 0 Å². The fourth-order valence-electron chi connectivity index (χ4n) is 2.56. The van der Waals surface area contributed by atoms with Crippen molar-refractivity contribution in [2.45, 2.75) is 20.8 Å². The standard InChI is InChI=1S/C19H18ClN3O2S2/c1-10-4-11(2)6-13(5-10)25-9-17(24)22-18(26)23-19-21-15-8-14(20)12(3)7-16(15)27-19/h4-8H,9H2,1-3H3,(H2,21,22,23,24,26). The number of nitrogens with zero attached hydrogens (tertiary/aromatic N) is 1. The van der Waals surface area contributed by atoms with E-state index in [1.54, 1.807) is 0 Å². The Bertz CT molecular complexity index is 974. The molecule has 3 aromatic rings. The highest BCUT2D eigenvalue weighted by Crippen LogP contribution is 2.30. The van der Waals surface area contributed by atoms with E-state index in [9.17, 15) is 4.79 Å². The van der Waals surface area contributed by atoms with Crippen molar-refractivity contribution < 1.29 is 9.53 Å². The van der Waals surface area contributed by atoms with Crippen molar-refractivity contribution in [3.05, 3.63) is 52.0 Å². The molecule has 0 unspecified atom stereocenters. The number of nitrogens with one attached hydrogen (secondary N) is 2. The van der Waals surface area contributed by atoms with Gasteiger partial charge in [0.15, 0.2) is 16.9 Å². The van der Waals surface area contributed by atoms with Gasteiger partial charge in [0.25, 0.3) is 5.91 Å². The average molecular weight is 420 g/mol. The summed E-state index contributed by atoms with van der Waals surface area (Å²) in [6.45, 7) is 5.77. The lowest BCUT2D eigenvalue weighted by molar-refractivity contribution is -0.121. The summed E-state index contributed by atoms with van der Waals surface area (Å²) < 4.78 is 6.52. The number of benzene rings is 2. The first kappa shape index (κ1) is 19.5. The number of fused-ring (bicyclic) bond motifs is 1. The summed E-state index contributed by atoms with van der Waals surface area (Å²) in [5, 5.41) is 6.95. The van der Waals surface area contributed by atoms with Crippen LogP contribution < -0.4 is 15.4 Å². The van der Waals surface area contributed by atoms with E-state index < -0.39 is 0 Å². The zero-order valence-corrected chi connectivity index (χ0v) is 17.4. The van der Waals surface area contributed by atoms with Crippen molar-refractivity contribution >= 4 is 61.5 Å². The largest absolute Gasteiger partial charge is 0.484 e. The second kappa shape index (κ2) is 8.21. The van der Waals surface area contributed by atoms with Crippen molar-refractivity contribution in [3.8, 4) is 5.75 Å². The molecule has 1 heterocycles. The molecule has 5 nitrogen and oxygen atoms in total. The fraction of sp³-hybridized carbons (Fsp3) is 0.211. The van der Waals surface area contributed by atoms with Gasteiger partial charge in [-0.15, -0.1) is 0 Å². The van der Waals surface area contributed by atoms with Gasteiger partial charge in [-0.1, -0.05) is 29.0 Å². The lowest BCUT2D eigenvalue weighted by atomic mass is 10.1. The molecule has 8 heteroatoms. The molecule has 0 aliphatic heterocycles. The number of halogens is 1. The SMILES string of the molecule is Cc1cc(C)cc(OCC(=O)NC(=S)Nc2nc3cc(Cl)c(C)cc3s2)c1. The van der Waals surface area contributed by atoms with Crippen LogP contribution in [0.15, 0.2) is 30.3 Å². The van der Waals surface area contributed by atoms with E-state index in [0.29, 0.717) is 15.9 Å². The number of rotatable bonds is 4. The van der Waals surface area contributed by atoms with Crippen molar-refractivity contribution in [1.29, 1.82) is 0 Å². The minimum atomic E-state index is -0.341. The molecule has 0 bridgehead atoms. The van der Waals surface area contributed by atoms with Crippen molar-refractivity contribution in [3.63, 3.8) is 0 Å². The van der Waals surface area contributed by atoms with Crippen LogP contribution in [0.3, 0.4) is 0 Å². The third kappa shape index (κ3) is 5.15. The molecule has 2 aromatic carbocycles. The number of thiocarbonyl (C=S) groups is 1. The Labute approximate surface area is 171 Å². The molecular weight excluding hydrogens is 402 g/mol. The first-order valence-electron chi connectivity index (χ1n) is 8.19. The Hall–Kier alpha value is -2.22. The van der Waals surface area contributed by atoms with Crippen LogP contribution in [0.4, 0.5) is 5.13 Å². The molecule has 0 saturated heterocycles. The number of carbonyl (C=O) groups is 1. The topological polar surface area (TPSA) is 63.2 Å². The Kier molecular flexibility index (Phi) is 5.94. The van der Waals surface area contributed by atoms with Crippen LogP contribution in [0.25, 0.3) is 10.2 Å². The van der Waals surface area contributed by atoms with Crippen LogP contribution in [-0.2, 0) is 4.79 Å². The molecule has 3 rings (SSSR count). The summed E-state index contributed by atoms with van der Waals surface area (Å²) in [5.74, 6) is 0.312. The van der Waals surface area contributed by atoms with Crippen molar-refractivity contribution in [2.75, 3.05) is 11.9 Å². The van der Waals surface area contributed by atoms with E-state index >= 15 is 0 Å². The number of ether oxygens (including phenoxy) is 1. The van der Waals surface area contributed by atoms with Crippen molar-refractivity contribution in [1.82, 2.24) is 10.3 Å². The van der Waals surface area contributed by atoms with Crippen LogP contribution in [0.1, 0.15) is 16.7 Å². The monoisotopic (exact) mass is 419 g/mol. The van der Waals surface area contributed by atoms with E-state index in [1.807, 2.05) is 51.1 Å². The van der Waals surface area contributed by atoms with Gasteiger partial charge in [0, 0.05) is 5.02 Å². The van der Waals surface area contributed by atoms with Gasteiger partial charge in [-0.2, -0.15) is 0 Å². The molecule has 1 amide bonds. The van der Waals surface area contributed by atoms with Gasteiger partial charge in [-0.3, -0.25) is 10.1 Å². The van der Waals surface area contributed by atoms with Gasteiger partial charge in [0.1, 0.15) is 5.75 Å². The summed E-state index contributed by atoms with van der Waals surface area (Å²) in [7, 11) is 0. The number of aryl methyl sites for hydroxylation is 3. The summed E-state index contributed by atoms with van der Waals surface area (Å²) >= 11 is 12.7. The van der Waals surface area contributed by atoms with Gasteiger partial charge in [-0.25, -0.2) is 4.98 Å². The van der Waals surface area contributed by atoms with Crippen LogP contribution in [-0.4, -0.2) is 22.6 Å². The minimum absolute atomic E-state index is 0.126. The number of hydrogen-bond acceptors (Lipinski definition) is 5. The van der Waals surface area contributed by atoms with Crippen LogP contribution in [0.5, 0.6) is 5.75 Å². The Balaban J connectivity index is 1.56. The molecule has 140 valence electrons. The zero-order chi connectivity index (χ0) is 19.6. The van der Waals surface area contributed by atoms with Gasteiger partial charge < -0.3 is 10.1 Å². The van der Waals surface area contributed by atoms with E-state index in [0.717, 1.165) is 26.9 Å². The molecule has 0 atom stereocenters. The van der Waals surface area contributed by atoms with E-state index in [1.165, 1.54) is 11.3 Å². The lowest BCUT2D eigenvalue weighted by Crippen LogP contribution is -2.37. The summed E-state index contributed by atoms with van der Waals surface area (Å²) in [6.07, 6.45) is 0. The normalized spacial score (nSPS) is 10.7. The Morgan fingerprint density at radius 3 is 2.59 bits per heavy atom. The van der Waals surface area contributed by atoms with Gasteiger partial charge in [-0.05, 0) is 73.9 Å². The third-order valence-corrected chi connectivity index (χ3v) is 5.25. The molecular formula is C19H18ClN3O2S2. The van der Waals surface area contributed by atoms with Gasteiger partial charge >= 0.3 is 0 Å². The predicted molar refractivity (Wildman–Crippen MR) is 115 cm³/mol. The lowest BCUT2D eigenvalue weighted by Gasteiger charge is -2.09. The Morgan fingerprint density at radius 2 is 1.89 bits per heavy atom. The number of carbonyl (C=O) groups excluding carboxylic acids is 1. The second-order valence-electron chi connectivity index (χ2n) is 6.20. The van der Waals surface area contributed by atoms with E-state index in [4.69, 9.17) is 28.6 Å². The summed E-state index contributed by atoms with van der Waals surface area (Å²) in [6, 6.07) is 9.59. The van der Waals surface area contributed by atoms with Crippen molar-refractivity contribution in [2.24, 2.45) is 0 Å². The minimum Gasteiger partial charge on any atom is -0.484 e. The molecule has 0 aliphatic rings. The third-order valence-electron chi connectivity index (χ3n) is 3.71. The smallest absolute Gasteiger partial charge is 0.264 e. The number of aromatic nitrogens is 1. The Morgan fingerprint density at radius 1 is 1.19 bits per heavy atom. The molecule has 2 N–H and O–H groups in total. The van der Waals surface area contributed by atoms with Crippen LogP contribution >= 0.6 is 35.2 Å². The molecule has 0 aliphatic carbocycles.